The first-order valence-corrected chi connectivity index (χ1v) is 6.92. The number of hydrogen-bond donors (Lipinski definition) is 1. The van der Waals surface area contributed by atoms with Gasteiger partial charge in [0.2, 0.25) is 0 Å². The van der Waals surface area contributed by atoms with E-state index in [0.29, 0.717) is 11.6 Å². The van der Waals surface area contributed by atoms with E-state index in [4.69, 9.17) is 10.00 Å². The second kappa shape index (κ2) is 6.39. The molecule has 120 valence electrons. The van der Waals surface area contributed by atoms with E-state index in [1.807, 2.05) is 6.07 Å². The lowest BCUT2D eigenvalue weighted by molar-refractivity contribution is 0.0505. The minimum Gasteiger partial charge on any atom is -0.444 e. The smallest absolute Gasteiger partial charge is 0.408 e. The standard InChI is InChI=1S/C14H17N7O2/c1-9(20-13(22)23-14(2,3)4)12-18-8-19-21(12)11-7-16-10(5-15)6-17-11/h6-9H,1-4H3,(H,20,22)/t9-/m0/s1. The highest BCUT2D eigenvalue weighted by molar-refractivity contribution is 5.68. The second-order valence-corrected chi connectivity index (χ2v) is 5.77. The van der Waals surface area contributed by atoms with Gasteiger partial charge in [0.1, 0.15) is 18.0 Å². The molecule has 0 aliphatic heterocycles. The average Bonchev–Trinajstić information content (AvgIpc) is 2.94. The highest BCUT2D eigenvalue weighted by atomic mass is 16.6. The molecule has 0 aromatic carbocycles. The van der Waals surface area contributed by atoms with Crippen molar-refractivity contribution >= 4 is 6.09 Å². The summed E-state index contributed by atoms with van der Waals surface area (Å²) in [6.45, 7) is 7.10. The predicted octanol–water partition coefficient (Wildman–Crippen LogP) is 1.51. The quantitative estimate of drug-likeness (QED) is 0.911. The van der Waals surface area contributed by atoms with Crippen LogP contribution in [-0.2, 0) is 4.74 Å². The van der Waals surface area contributed by atoms with Gasteiger partial charge in [0.15, 0.2) is 17.3 Å². The van der Waals surface area contributed by atoms with Crippen molar-refractivity contribution in [2.75, 3.05) is 0 Å². The first kappa shape index (κ1) is 16.4. The van der Waals surface area contributed by atoms with E-state index < -0.39 is 17.7 Å². The van der Waals surface area contributed by atoms with E-state index in [1.54, 1.807) is 27.7 Å². The summed E-state index contributed by atoms with van der Waals surface area (Å²) in [5.74, 6) is 0.865. The molecule has 0 radical (unpaired) electrons. The van der Waals surface area contributed by atoms with Crippen LogP contribution in [0.3, 0.4) is 0 Å². The molecule has 0 aliphatic carbocycles. The van der Waals surface area contributed by atoms with Gasteiger partial charge in [0.05, 0.1) is 18.4 Å². The Labute approximate surface area is 133 Å². The van der Waals surface area contributed by atoms with Gasteiger partial charge in [-0.25, -0.2) is 19.7 Å². The summed E-state index contributed by atoms with van der Waals surface area (Å²) in [7, 11) is 0. The lowest BCUT2D eigenvalue weighted by Gasteiger charge is -2.21. The Bertz CT molecular complexity index is 725. The summed E-state index contributed by atoms with van der Waals surface area (Å²) >= 11 is 0. The van der Waals surface area contributed by atoms with Crippen molar-refractivity contribution in [2.24, 2.45) is 0 Å². The highest BCUT2D eigenvalue weighted by Crippen LogP contribution is 2.14. The Kier molecular flexibility index (Phi) is 4.55. The van der Waals surface area contributed by atoms with Gasteiger partial charge in [0, 0.05) is 0 Å². The van der Waals surface area contributed by atoms with Gasteiger partial charge < -0.3 is 10.1 Å². The fourth-order valence-corrected chi connectivity index (χ4v) is 1.76. The summed E-state index contributed by atoms with van der Waals surface area (Å²) < 4.78 is 6.65. The third-order valence-electron chi connectivity index (χ3n) is 2.66. The molecule has 0 unspecified atom stereocenters. The van der Waals surface area contributed by atoms with E-state index in [-0.39, 0.29) is 5.69 Å². The Hall–Kier alpha value is -3.02. The zero-order chi connectivity index (χ0) is 17.0. The van der Waals surface area contributed by atoms with Crippen molar-refractivity contribution in [1.82, 2.24) is 30.0 Å². The maximum Gasteiger partial charge on any atom is 0.408 e. The Morgan fingerprint density at radius 1 is 1.35 bits per heavy atom. The molecule has 0 fully saturated rings. The second-order valence-electron chi connectivity index (χ2n) is 5.77. The summed E-state index contributed by atoms with van der Waals surface area (Å²) in [5.41, 5.74) is -0.383. The molecule has 0 spiro atoms. The minimum atomic E-state index is -0.587. The number of carbonyl (C=O) groups is 1. The number of nitrogens with one attached hydrogen (secondary N) is 1. The number of ether oxygens (including phenoxy) is 1. The molecule has 0 aliphatic rings. The topological polar surface area (TPSA) is 119 Å². The van der Waals surface area contributed by atoms with E-state index >= 15 is 0 Å². The third kappa shape index (κ3) is 4.23. The number of hydrogen-bond acceptors (Lipinski definition) is 7. The van der Waals surface area contributed by atoms with Crippen molar-refractivity contribution in [1.29, 1.82) is 5.26 Å². The third-order valence-corrected chi connectivity index (χ3v) is 2.66. The predicted molar refractivity (Wildman–Crippen MR) is 79.4 cm³/mol. The maximum absolute atomic E-state index is 11.8. The number of carbonyl (C=O) groups excluding carboxylic acids is 1. The highest BCUT2D eigenvalue weighted by Gasteiger charge is 2.21. The van der Waals surface area contributed by atoms with E-state index in [9.17, 15) is 4.79 Å². The number of nitrogens with zero attached hydrogens (tertiary/aromatic N) is 6. The molecule has 2 aromatic heterocycles. The van der Waals surface area contributed by atoms with Crippen LogP contribution >= 0.6 is 0 Å². The fourth-order valence-electron chi connectivity index (χ4n) is 1.76. The fraction of sp³-hybridized carbons (Fsp3) is 0.429. The van der Waals surface area contributed by atoms with Crippen LogP contribution < -0.4 is 5.32 Å². The van der Waals surface area contributed by atoms with Crippen LogP contribution in [0.2, 0.25) is 0 Å². The number of nitriles is 1. The molecule has 1 atom stereocenters. The SMILES string of the molecule is C[C@H](NC(=O)OC(C)(C)C)c1ncnn1-c1cnc(C#N)cn1. The van der Waals surface area contributed by atoms with Gasteiger partial charge in [-0.2, -0.15) is 15.0 Å². The summed E-state index contributed by atoms with van der Waals surface area (Å²) in [5, 5.41) is 15.5. The largest absolute Gasteiger partial charge is 0.444 e. The van der Waals surface area contributed by atoms with E-state index in [2.05, 4.69) is 25.4 Å². The summed E-state index contributed by atoms with van der Waals surface area (Å²) in [6.07, 6.45) is 3.55. The number of alkyl carbamates (subject to hydrolysis) is 1. The molecular weight excluding hydrogens is 298 g/mol. The molecule has 1 amide bonds. The van der Waals surface area contributed by atoms with E-state index in [0.717, 1.165) is 0 Å². The van der Waals surface area contributed by atoms with Crippen LogP contribution in [0, 0.1) is 11.3 Å². The molecule has 2 aromatic rings. The maximum atomic E-state index is 11.8. The Balaban J connectivity index is 2.16. The zero-order valence-corrected chi connectivity index (χ0v) is 13.3. The van der Waals surface area contributed by atoms with Gasteiger partial charge in [-0.05, 0) is 27.7 Å². The van der Waals surface area contributed by atoms with Crippen LogP contribution in [0.15, 0.2) is 18.7 Å². The van der Waals surface area contributed by atoms with Gasteiger partial charge in [-0.15, -0.1) is 0 Å². The van der Waals surface area contributed by atoms with Gasteiger partial charge in [0.25, 0.3) is 0 Å². The van der Waals surface area contributed by atoms with Crippen LogP contribution in [0.4, 0.5) is 4.79 Å². The van der Waals surface area contributed by atoms with Gasteiger partial charge >= 0.3 is 6.09 Å². The molecule has 23 heavy (non-hydrogen) atoms. The van der Waals surface area contributed by atoms with Gasteiger partial charge in [-0.3, -0.25) is 0 Å². The van der Waals surface area contributed by atoms with Crippen molar-refractivity contribution in [3.63, 3.8) is 0 Å². The van der Waals surface area contributed by atoms with Crippen LogP contribution in [-0.4, -0.2) is 36.4 Å². The zero-order valence-electron chi connectivity index (χ0n) is 13.3. The molecule has 0 saturated carbocycles. The molecular formula is C14H17N7O2. The number of amides is 1. The van der Waals surface area contributed by atoms with Crippen LogP contribution in [0.1, 0.15) is 45.3 Å². The summed E-state index contributed by atoms with van der Waals surface area (Å²) in [4.78, 5) is 24.0. The summed E-state index contributed by atoms with van der Waals surface area (Å²) in [6, 6.07) is 1.44. The Morgan fingerprint density at radius 3 is 2.65 bits per heavy atom. The molecule has 0 bridgehead atoms. The lowest BCUT2D eigenvalue weighted by Crippen LogP contribution is -2.35. The molecule has 9 nitrogen and oxygen atoms in total. The molecule has 0 saturated heterocycles. The number of rotatable bonds is 3. The minimum absolute atomic E-state index is 0.204. The molecule has 2 rings (SSSR count). The monoisotopic (exact) mass is 315 g/mol. The number of aromatic nitrogens is 5. The molecule has 9 heteroatoms. The van der Waals surface area contributed by atoms with Crippen molar-refractivity contribution in [2.45, 2.75) is 39.3 Å². The van der Waals surface area contributed by atoms with Crippen LogP contribution in [0.5, 0.6) is 0 Å². The van der Waals surface area contributed by atoms with E-state index in [1.165, 1.54) is 23.4 Å². The first-order chi connectivity index (χ1) is 10.8. The lowest BCUT2D eigenvalue weighted by atomic mass is 10.2. The van der Waals surface area contributed by atoms with Crippen molar-refractivity contribution in [3.05, 3.63) is 30.2 Å². The first-order valence-electron chi connectivity index (χ1n) is 6.92. The van der Waals surface area contributed by atoms with Crippen LogP contribution in [0.25, 0.3) is 5.82 Å². The average molecular weight is 315 g/mol. The van der Waals surface area contributed by atoms with Crippen molar-refractivity contribution < 1.29 is 9.53 Å². The normalized spacial score (nSPS) is 12.3. The molecule has 1 N–H and O–H groups in total. The molecule has 2 heterocycles. The van der Waals surface area contributed by atoms with Crippen molar-refractivity contribution in [3.8, 4) is 11.9 Å². The Morgan fingerprint density at radius 2 is 2.09 bits per heavy atom. The van der Waals surface area contributed by atoms with Gasteiger partial charge in [-0.1, -0.05) is 0 Å².